The van der Waals surface area contributed by atoms with Crippen molar-refractivity contribution in [2.75, 3.05) is 65.4 Å². The summed E-state index contributed by atoms with van der Waals surface area (Å²) in [4.78, 5) is 0. The molecule has 226 valence electrons. The first-order valence-corrected chi connectivity index (χ1v) is 16.3. The van der Waals surface area contributed by atoms with Gasteiger partial charge in [0.2, 0.25) is 0 Å². The molecule has 6 heteroatoms. The summed E-state index contributed by atoms with van der Waals surface area (Å²) in [5.41, 5.74) is 5.31. The van der Waals surface area contributed by atoms with Gasteiger partial charge in [0.1, 0.15) is 0 Å². The van der Waals surface area contributed by atoms with Gasteiger partial charge in [0.15, 0.2) is 0 Å². The van der Waals surface area contributed by atoms with Gasteiger partial charge in [0.25, 0.3) is 0 Å². The lowest BCUT2D eigenvalue weighted by Crippen LogP contribution is -2.25. The predicted octanol–water partition coefficient (Wildman–Crippen LogP) is 5.05. The molecule has 0 heterocycles. The van der Waals surface area contributed by atoms with E-state index in [4.69, 9.17) is 0 Å². The maximum absolute atomic E-state index is 3.66. The fraction of sp³-hybridized carbons (Fsp3) is 0.647. The van der Waals surface area contributed by atoms with Gasteiger partial charge in [-0.15, -0.1) is 0 Å². The number of hydrogen-bond donors (Lipinski definition) is 6. The first-order valence-electron chi connectivity index (χ1n) is 16.3. The summed E-state index contributed by atoms with van der Waals surface area (Å²) in [6.07, 6.45) is 9.80. The van der Waals surface area contributed by atoms with Crippen LogP contribution in [0.15, 0.2) is 48.5 Å². The van der Waals surface area contributed by atoms with Crippen LogP contribution in [-0.4, -0.2) is 65.4 Å². The van der Waals surface area contributed by atoms with E-state index >= 15 is 0 Å². The first kappa shape index (κ1) is 34.4. The van der Waals surface area contributed by atoms with Crippen molar-refractivity contribution in [3.63, 3.8) is 0 Å². The Bertz CT molecular complexity index is 782. The van der Waals surface area contributed by atoms with Crippen LogP contribution in [0.4, 0.5) is 0 Å². The average Bonchev–Trinajstić information content (AvgIpc) is 2.98. The lowest BCUT2D eigenvalue weighted by atomic mass is 9.99. The minimum atomic E-state index is 0.909. The minimum Gasteiger partial charge on any atom is -0.317 e. The van der Waals surface area contributed by atoms with Crippen LogP contribution < -0.4 is 31.9 Å². The molecule has 0 fully saturated rings. The fourth-order valence-electron chi connectivity index (χ4n) is 4.69. The van der Waals surface area contributed by atoms with Crippen LogP contribution in [0.3, 0.4) is 0 Å². The molecule has 0 radical (unpaired) electrons. The molecule has 0 saturated heterocycles. The molecule has 6 N–H and O–H groups in total. The van der Waals surface area contributed by atoms with E-state index in [9.17, 15) is 0 Å². The van der Waals surface area contributed by atoms with Gasteiger partial charge in [-0.3, -0.25) is 0 Å². The van der Waals surface area contributed by atoms with Gasteiger partial charge in [0.05, 0.1) is 0 Å². The molecule has 0 amide bonds. The van der Waals surface area contributed by atoms with Crippen LogP contribution in [0, 0.1) is 0 Å². The highest BCUT2D eigenvalue weighted by molar-refractivity contribution is 5.65. The van der Waals surface area contributed by atoms with Gasteiger partial charge >= 0.3 is 0 Å². The smallest absolute Gasteiger partial charge is 0.0205 e. The molecule has 2 aromatic rings. The first-order chi connectivity index (χ1) is 19.8. The normalized spacial score (nSPS) is 11.3. The lowest BCUT2D eigenvalue weighted by Gasteiger charge is -2.13. The molecule has 0 aromatic heterocycles. The van der Waals surface area contributed by atoms with Crippen LogP contribution in [-0.2, 0) is 13.1 Å². The zero-order valence-electron chi connectivity index (χ0n) is 25.8. The van der Waals surface area contributed by atoms with Gasteiger partial charge in [0, 0.05) is 13.1 Å². The third-order valence-corrected chi connectivity index (χ3v) is 7.06. The Balaban J connectivity index is 1.64. The van der Waals surface area contributed by atoms with Crippen molar-refractivity contribution in [2.24, 2.45) is 0 Å². The summed E-state index contributed by atoms with van der Waals surface area (Å²) in [6, 6.07) is 17.8. The molecule has 6 nitrogen and oxygen atoms in total. The van der Waals surface area contributed by atoms with Crippen LogP contribution in [0.2, 0.25) is 0 Å². The zero-order valence-corrected chi connectivity index (χ0v) is 25.8. The second-order valence-electron chi connectivity index (χ2n) is 10.9. The number of hydrogen-bond acceptors (Lipinski definition) is 6. The summed E-state index contributed by atoms with van der Waals surface area (Å²) in [5.74, 6) is 0. The third kappa shape index (κ3) is 17.8. The van der Waals surface area contributed by atoms with Crippen LogP contribution in [0.5, 0.6) is 0 Å². The van der Waals surface area contributed by atoms with Crippen molar-refractivity contribution < 1.29 is 0 Å². The van der Waals surface area contributed by atoms with Crippen molar-refractivity contribution in [1.29, 1.82) is 0 Å². The van der Waals surface area contributed by atoms with Crippen molar-refractivity contribution >= 4 is 0 Å². The van der Waals surface area contributed by atoms with Crippen LogP contribution >= 0.6 is 0 Å². The molecular formula is C34H60N6. The molecular weight excluding hydrogens is 492 g/mol. The van der Waals surface area contributed by atoms with Gasteiger partial charge in [-0.05, 0) is 138 Å². The Labute approximate surface area is 246 Å². The Hall–Kier alpha value is -1.80. The quantitative estimate of drug-likeness (QED) is 0.0872. The van der Waals surface area contributed by atoms with E-state index in [1.54, 1.807) is 0 Å². The lowest BCUT2D eigenvalue weighted by molar-refractivity contribution is 0.558. The van der Waals surface area contributed by atoms with Crippen LogP contribution in [0.1, 0.15) is 76.3 Å². The summed E-state index contributed by atoms with van der Waals surface area (Å²) >= 11 is 0. The zero-order chi connectivity index (χ0) is 28.4. The molecule has 0 atom stereocenters. The summed E-state index contributed by atoms with van der Waals surface area (Å²) in [5, 5.41) is 21.5. The monoisotopic (exact) mass is 552 g/mol. The van der Waals surface area contributed by atoms with Gasteiger partial charge in [-0.25, -0.2) is 0 Å². The van der Waals surface area contributed by atoms with E-state index in [2.05, 4.69) is 94.3 Å². The Morgan fingerprint density at radius 3 is 1.18 bits per heavy atom. The topological polar surface area (TPSA) is 72.2 Å². The third-order valence-electron chi connectivity index (χ3n) is 7.06. The minimum absolute atomic E-state index is 0.909. The maximum Gasteiger partial charge on any atom is 0.0205 e. The van der Waals surface area contributed by atoms with E-state index < -0.39 is 0 Å². The molecule has 0 aliphatic heterocycles. The Kier molecular flexibility index (Phi) is 21.5. The molecule has 0 unspecified atom stereocenters. The van der Waals surface area contributed by atoms with E-state index in [-0.39, 0.29) is 0 Å². The fourth-order valence-corrected chi connectivity index (χ4v) is 4.69. The summed E-state index contributed by atoms with van der Waals surface area (Å²) < 4.78 is 0. The largest absolute Gasteiger partial charge is 0.317 e. The van der Waals surface area contributed by atoms with Gasteiger partial charge in [-0.2, -0.15) is 0 Å². The highest BCUT2D eigenvalue weighted by atomic mass is 14.9. The number of unbranched alkanes of at least 4 members (excludes halogenated alkanes) is 2. The van der Waals surface area contributed by atoms with Crippen molar-refractivity contribution in [3.8, 4) is 11.1 Å². The van der Waals surface area contributed by atoms with Crippen molar-refractivity contribution in [2.45, 2.75) is 78.3 Å². The molecule has 0 saturated carbocycles. The van der Waals surface area contributed by atoms with E-state index in [1.807, 2.05) is 0 Å². The molecule has 0 spiro atoms. The van der Waals surface area contributed by atoms with Crippen molar-refractivity contribution in [1.82, 2.24) is 31.9 Å². The molecule has 0 aliphatic carbocycles. The molecule has 40 heavy (non-hydrogen) atoms. The predicted molar refractivity (Wildman–Crippen MR) is 175 cm³/mol. The number of rotatable bonds is 27. The highest BCUT2D eigenvalue weighted by Crippen LogP contribution is 2.22. The Morgan fingerprint density at radius 1 is 0.400 bits per heavy atom. The van der Waals surface area contributed by atoms with Gasteiger partial charge < -0.3 is 31.9 Å². The standard InChI is InChI=1S/C34H60N6/c1-3-5-16-35-18-10-20-37-22-12-24-39-29-31-26-32(28-34(27-31)33-14-8-7-9-15-33)30-40-25-13-23-38-21-11-19-36-17-6-4-2/h7-9,14-15,26-28,35-40H,3-6,10-13,16-25,29-30H2,1-2H3. The second-order valence-corrected chi connectivity index (χ2v) is 10.9. The summed E-state index contributed by atoms with van der Waals surface area (Å²) in [6.45, 7) is 17.3. The van der Waals surface area contributed by atoms with E-state index in [0.717, 1.165) is 91.4 Å². The van der Waals surface area contributed by atoms with Crippen molar-refractivity contribution in [3.05, 3.63) is 59.7 Å². The second kappa shape index (κ2) is 25.0. The number of nitrogens with one attached hydrogen (secondary N) is 6. The highest BCUT2D eigenvalue weighted by Gasteiger charge is 2.04. The molecule has 2 rings (SSSR count). The molecule has 0 aliphatic rings. The van der Waals surface area contributed by atoms with E-state index in [0.29, 0.717) is 0 Å². The molecule has 0 bridgehead atoms. The summed E-state index contributed by atoms with van der Waals surface area (Å²) in [7, 11) is 0. The molecule has 2 aromatic carbocycles. The van der Waals surface area contributed by atoms with E-state index in [1.165, 1.54) is 60.8 Å². The Morgan fingerprint density at radius 2 is 0.775 bits per heavy atom. The van der Waals surface area contributed by atoms with Crippen LogP contribution in [0.25, 0.3) is 11.1 Å². The maximum atomic E-state index is 3.66. The average molecular weight is 553 g/mol. The SMILES string of the molecule is CCCCNCCCNCCCNCc1cc(CNCCCNCCCNCCCC)cc(-c2ccccc2)c1. The van der Waals surface area contributed by atoms with Gasteiger partial charge in [-0.1, -0.05) is 63.1 Å². The number of benzene rings is 2.